The van der Waals surface area contributed by atoms with Crippen LogP contribution < -0.4 is 4.74 Å². The molecular weight excluding hydrogens is 421 g/mol. The molecule has 5 rings (SSSR count). The Balaban J connectivity index is 0.998. The molecule has 2 saturated heterocycles. The molecule has 180 valence electrons. The molecule has 4 aliphatic rings. The Hall–Kier alpha value is -2.31. The number of hydrogen-bond donors (Lipinski definition) is 1. The highest BCUT2D eigenvalue weighted by Gasteiger charge is 2.45. The van der Waals surface area contributed by atoms with E-state index >= 15 is 0 Å². The van der Waals surface area contributed by atoms with Crippen molar-refractivity contribution in [3.05, 3.63) is 29.6 Å². The van der Waals surface area contributed by atoms with Crippen LogP contribution in [0.2, 0.25) is 0 Å². The van der Waals surface area contributed by atoms with E-state index in [9.17, 15) is 9.18 Å². The number of nitrogens with zero attached hydrogens (tertiary/aromatic N) is 2. The molecule has 33 heavy (non-hydrogen) atoms. The molecule has 7 heteroatoms. The van der Waals surface area contributed by atoms with Crippen LogP contribution in [-0.2, 0) is 16.0 Å². The fourth-order valence-corrected chi connectivity index (χ4v) is 5.22. The molecule has 0 spiro atoms. The van der Waals surface area contributed by atoms with E-state index in [2.05, 4.69) is 11.8 Å². The van der Waals surface area contributed by atoms with E-state index in [0.717, 1.165) is 76.5 Å². The van der Waals surface area contributed by atoms with Crippen LogP contribution in [0.1, 0.15) is 57.4 Å². The average Bonchev–Trinajstić information content (AvgIpc) is 3.67. The molecule has 2 aliphatic carbocycles. The van der Waals surface area contributed by atoms with Crippen molar-refractivity contribution < 1.29 is 18.7 Å². The molecule has 2 aliphatic heterocycles. The van der Waals surface area contributed by atoms with Gasteiger partial charge >= 0.3 is 0 Å². The molecule has 6 nitrogen and oxygen atoms in total. The Kier molecular flexibility index (Phi) is 6.23. The number of amidine groups is 1. The standard InChI is InChI=1S/C26H36FN3O3/c1-26(8-9-26)33-25(28)30-12-5-18(6-13-30)22-15-19(22)7-14-32-21-4-3-20(23(27)17-21)16-24(31)29-10-2-11-29/h3-4,17-19,22,28H,2,5-16H2,1H3. The summed E-state index contributed by atoms with van der Waals surface area (Å²) in [5.41, 5.74) is 0.363. The molecule has 1 aromatic carbocycles. The number of nitrogens with one attached hydrogen (secondary N) is 1. The summed E-state index contributed by atoms with van der Waals surface area (Å²) in [7, 11) is 0. The quantitative estimate of drug-likeness (QED) is 0.469. The largest absolute Gasteiger partial charge is 0.493 e. The van der Waals surface area contributed by atoms with Crippen molar-refractivity contribution in [3.8, 4) is 5.75 Å². The van der Waals surface area contributed by atoms with Gasteiger partial charge in [0.1, 0.15) is 17.2 Å². The third-order valence-corrected chi connectivity index (χ3v) is 8.04. The third-order valence-electron chi connectivity index (χ3n) is 8.04. The van der Waals surface area contributed by atoms with E-state index in [0.29, 0.717) is 29.9 Å². The minimum atomic E-state index is -0.359. The number of likely N-dealkylation sites (tertiary alicyclic amines) is 2. The van der Waals surface area contributed by atoms with Gasteiger partial charge in [0.25, 0.3) is 6.02 Å². The van der Waals surface area contributed by atoms with Crippen LogP contribution in [0.5, 0.6) is 5.75 Å². The monoisotopic (exact) mass is 457 g/mol. The van der Waals surface area contributed by atoms with E-state index in [4.69, 9.17) is 14.9 Å². The Morgan fingerprint density at radius 2 is 1.94 bits per heavy atom. The molecule has 0 aromatic heterocycles. The normalized spacial score (nSPS) is 25.9. The fraction of sp³-hybridized carbons (Fsp3) is 0.692. The lowest BCUT2D eigenvalue weighted by Crippen LogP contribution is -2.42. The highest BCUT2D eigenvalue weighted by atomic mass is 19.1. The SMILES string of the molecule is CC1(OC(=N)N2CCC(C3CC3CCOc3ccc(CC(=O)N4CCC4)c(F)c3)CC2)CC1. The van der Waals surface area contributed by atoms with Crippen LogP contribution in [0.25, 0.3) is 0 Å². The van der Waals surface area contributed by atoms with Crippen LogP contribution in [-0.4, -0.2) is 60.1 Å². The van der Waals surface area contributed by atoms with E-state index in [1.165, 1.54) is 12.5 Å². The van der Waals surface area contributed by atoms with Crippen LogP contribution in [0.3, 0.4) is 0 Å². The van der Waals surface area contributed by atoms with Crippen LogP contribution in [0.15, 0.2) is 18.2 Å². The second kappa shape index (κ2) is 9.15. The first-order chi connectivity index (χ1) is 15.9. The van der Waals surface area contributed by atoms with Crippen molar-refractivity contribution in [2.45, 2.75) is 63.9 Å². The summed E-state index contributed by atoms with van der Waals surface area (Å²) < 4.78 is 26.0. The first kappa shape index (κ1) is 22.5. The van der Waals surface area contributed by atoms with Gasteiger partial charge in [0, 0.05) is 32.2 Å². The van der Waals surface area contributed by atoms with Crippen LogP contribution >= 0.6 is 0 Å². The molecule has 1 aromatic rings. The van der Waals surface area contributed by atoms with Gasteiger partial charge in [-0.15, -0.1) is 0 Å². The summed E-state index contributed by atoms with van der Waals surface area (Å²) in [6.07, 6.45) is 7.81. The van der Waals surface area contributed by atoms with E-state index in [1.54, 1.807) is 17.0 Å². The lowest BCUT2D eigenvalue weighted by molar-refractivity contribution is -0.133. The number of ether oxygens (including phenoxy) is 2. The predicted octanol–water partition coefficient (Wildman–Crippen LogP) is 4.22. The molecule has 1 amide bonds. The van der Waals surface area contributed by atoms with Crippen molar-refractivity contribution in [1.29, 1.82) is 5.41 Å². The maximum absolute atomic E-state index is 14.4. The Bertz CT molecular complexity index is 891. The van der Waals surface area contributed by atoms with Crippen LogP contribution in [0, 0.1) is 29.0 Å². The van der Waals surface area contributed by atoms with Gasteiger partial charge in [0.05, 0.1) is 13.0 Å². The van der Waals surface area contributed by atoms with E-state index in [-0.39, 0.29) is 23.7 Å². The molecule has 1 N–H and O–H groups in total. The van der Waals surface area contributed by atoms with Gasteiger partial charge in [-0.2, -0.15) is 0 Å². The molecule has 2 saturated carbocycles. The summed E-state index contributed by atoms with van der Waals surface area (Å²) in [4.78, 5) is 15.9. The number of benzene rings is 1. The number of halogens is 1. The minimum absolute atomic E-state index is 0.000914. The van der Waals surface area contributed by atoms with Gasteiger partial charge in [-0.25, -0.2) is 4.39 Å². The Morgan fingerprint density at radius 3 is 2.58 bits per heavy atom. The number of carbonyl (C=O) groups is 1. The Labute approximate surface area is 195 Å². The van der Waals surface area contributed by atoms with Crippen molar-refractivity contribution in [2.75, 3.05) is 32.8 Å². The molecular formula is C26H36FN3O3. The zero-order valence-electron chi connectivity index (χ0n) is 19.7. The van der Waals surface area contributed by atoms with Crippen molar-refractivity contribution in [1.82, 2.24) is 9.80 Å². The molecule has 0 bridgehead atoms. The van der Waals surface area contributed by atoms with Gasteiger partial charge in [-0.05, 0) is 81.3 Å². The summed E-state index contributed by atoms with van der Waals surface area (Å²) in [6, 6.07) is 5.23. The first-order valence-corrected chi connectivity index (χ1v) is 12.6. The number of rotatable bonds is 8. The molecule has 2 unspecified atom stereocenters. The highest BCUT2D eigenvalue weighted by Crippen LogP contribution is 2.50. The predicted molar refractivity (Wildman–Crippen MR) is 124 cm³/mol. The summed E-state index contributed by atoms with van der Waals surface area (Å²) >= 11 is 0. The molecule has 4 fully saturated rings. The van der Waals surface area contributed by atoms with Gasteiger partial charge in [0.15, 0.2) is 0 Å². The minimum Gasteiger partial charge on any atom is -0.493 e. The smallest absolute Gasteiger partial charge is 0.284 e. The maximum Gasteiger partial charge on any atom is 0.284 e. The summed E-state index contributed by atoms with van der Waals surface area (Å²) in [6.45, 7) is 6.11. The Morgan fingerprint density at radius 1 is 1.18 bits per heavy atom. The zero-order valence-corrected chi connectivity index (χ0v) is 19.7. The topological polar surface area (TPSA) is 65.9 Å². The average molecular weight is 458 g/mol. The summed E-state index contributed by atoms with van der Waals surface area (Å²) in [5.74, 6) is 2.38. The zero-order chi connectivity index (χ0) is 23.0. The second-order valence-electron chi connectivity index (χ2n) is 10.6. The molecule has 2 heterocycles. The molecule has 2 atom stereocenters. The lowest BCUT2D eigenvalue weighted by atomic mass is 9.90. The van der Waals surface area contributed by atoms with Gasteiger partial charge < -0.3 is 19.3 Å². The highest BCUT2D eigenvalue weighted by molar-refractivity contribution is 5.79. The van der Waals surface area contributed by atoms with Gasteiger partial charge in [-0.3, -0.25) is 10.2 Å². The third kappa shape index (κ3) is 5.44. The first-order valence-electron chi connectivity index (χ1n) is 12.6. The van der Waals surface area contributed by atoms with Crippen molar-refractivity contribution in [3.63, 3.8) is 0 Å². The van der Waals surface area contributed by atoms with Crippen molar-refractivity contribution in [2.24, 2.45) is 17.8 Å². The van der Waals surface area contributed by atoms with Gasteiger partial charge in [0.2, 0.25) is 5.91 Å². The van der Waals surface area contributed by atoms with E-state index < -0.39 is 0 Å². The molecule has 0 radical (unpaired) electrons. The number of hydrogen-bond acceptors (Lipinski definition) is 4. The maximum atomic E-state index is 14.4. The second-order valence-corrected chi connectivity index (χ2v) is 10.6. The van der Waals surface area contributed by atoms with Crippen LogP contribution in [0.4, 0.5) is 4.39 Å². The number of amides is 1. The lowest BCUT2D eigenvalue weighted by Gasteiger charge is -2.34. The fourth-order valence-electron chi connectivity index (χ4n) is 5.22. The van der Waals surface area contributed by atoms with E-state index in [1.807, 2.05) is 0 Å². The van der Waals surface area contributed by atoms with Crippen molar-refractivity contribution >= 4 is 11.9 Å². The van der Waals surface area contributed by atoms with Gasteiger partial charge in [-0.1, -0.05) is 6.07 Å². The number of piperidine rings is 1. The number of carbonyl (C=O) groups excluding carboxylic acids is 1. The summed E-state index contributed by atoms with van der Waals surface area (Å²) in [5, 5.41) is 8.21.